The lowest BCUT2D eigenvalue weighted by Crippen LogP contribution is -2.07. The molecule has 124 valence electrons. The van der Waals surface area contributed by atoms with E-state index in [0.717, 1.165) is 0 Å². The second-order valence-corrected chi connectivity index (χ2v) is 5.34. The van der Waals surface area contributed by atoms with Gasteiger partial charge < -0.3 is 19.3 Å². The Bertz CT molecular complexity index is 811. The van der Waals surface area contributed by atoms with E-state index in [1.165, 1.54) is 26.4 Å². The molecule has 0 unspecified atom stereocenters. The number of esters is 1. The molecule has 24 heavy (non-hydrogen) atoms. The molecule has 3 rings (SSSR count). The normalized spacial score (nSPS) is 15.6. The summed E-state index contributed by atoms with van der Waals surface area (Å²) in [6.45, 7) is 0. The van der Waals surface area contributed by atoms with Crippen LogP contribution in [-0.2, 0) is 4.74 Å². The quantitative estimate of drug-likeness (QED) is 0.671. The average Bonchev–Trinajstić information content (AvgIpc) is 2.90. The molecule has 1 aliphatic heterocycles. The fourth-order valence-electron chi connectivity index (χ4n) is 2.79. The van der Waals surface area contributed by atoms with Crippen molar-refractivity contribution in [1.82, 2.24) is 0 Å². The van der Waals surface area contributed by atoms with E-state index in [1.54, 1.807) is 24.3 Å². The fraction of sp³-hybridized carbons (Fsp3) is 0.222. The van der Waals surface area contributed by atoms with Crippen LogP contribution < -0.4 is 9.47 Å². The van der Waals surface area contributed by atoms with Gasteiger partial charge in [0.25, 0.3) is 0 Å². The predicted molar refractivity (Wildman–Crippen MR) is 84.8 cm³/mol. The van der Waals surface area contributed by atoms with E-state index in [1.807, 2.05) is 0 Å². The summed E-state index contributed by atoms with van der Waals surface area (Å²) in [4.78, 5) is 24.6. The summed E-state index contributed by atoms with van der Waals surface area (Å²) < 4.78 is 15.8. The van der Waals surface area contributed by atoms with Gasteiger partial charge in [-0.25, -0.2) is 4.79 Å². The van der Waals surface area contributed by atoms with Gasteiger partial charge in [0, 0.05) is 11.1 Å². The Balaban J connectivity index is 1.91. The summed E-state index contributed by atoms with van der Waals surface area (Å²) in [5.74, 6) is -0.0441. The molecule has 0 saturated heterocycles. The lowest BCUT2D eigenvalue weighted by atomic mass is 9.97. The van der Waals surface area contributed by atoms with Gasteiger partial charge >= 0.3 is 5.97 Å². The number of ether oxygens (including phenoxy) is 3. The highest BCUT2D eigenvalue weighted by Gasteiger charge is 2.36. The summed E-state index contributed by atoms with van der Waals surface area (Å²) in [6, 6.07) is 9.43. The van der Waals surface area contributed by atoms with E-state index in [2.05, 4.69) is 0 Å². The molecule has 1 aliphatic rings. The van der Waals surface area contributed by atoms with Crippen LogP contribution in [0.1, 0.15) is 38.8 Å². The van der Waals surface area contributed by atoms with Gasteiger partial charge in [0.2, 0.25) is 0 Å². The van der Waals surface area contributed by atoms with Gasteiger partial charge in [0.15, 0.2) is 17.3 Å². The summed E-state index contributed by atoms with van der Waals surface area (Å²) in [5, 5.41) is 9.48. The first kappa shape index (κ1) is 15.9. The second-order valence-electron chi connectivity index (χ2n) is 5.34. The molecular weight excluding hydrogens is 312 g/mol. The van der Waals surface area contributed by atoms with Crippen molar-refractivity contribution in [3.8, 4) is 17.2 Å². The molecule has 1 heterocycles. The lowest BCUT2D eigenvalue weighted by Gasteiger charge is -2.12. The van der Waals surface area contributed by atoms with E-state index in [-0.39, 0.29) is 23.5 Å². The number of methoxy groups -OCH3 is 2. The number of rotatable bonds is 5. The summed E-state index contributed by atoms with van der Waals surface area (Å²) in [7, 11) is 2.92. The second kappa shape index (κ2) is 6.23. The van der Waals surface area contributed by atoms with Crippen molar-refractivity contribution in [3.05, 3.63) is 53.1 Å². The van der Waals surface area contributed by atoms with Gasteiger partial charge in [-0.1, -0.05) is 18.2 Å². The minimum atomic E-state index is -0.692. The molecule has 0 aromatic heterocycles. The Morgan fingerprint density at radius 2 is 2.00 bits per heavy atom. The molecule has 2 aromatic rings. The SMILES string of the molecule is COc1ccc2c(c1OC)C(=O)O[C@H]2CC(=O)c1cccc(O)c1. The minimum Gasteiger partial charge on any atom is -0.508 e. The summed E-state index contributed by atoms with van der Waals surface area (Å²) in [5.41, 5.74) is 1.23. The van der Waals surface area contributed by atoms with Gasteiger partial charge in [-0.3, -0.25) is 4.79 Å². The number of carbonyl (C=O) groups excluding carboxylic acids is 2. The van der Waals surface area contributed by atoms with E-state index in [9.17, 15) is 14.7 Å². The molecule has 6 nitrogen and oxygen atoms in total. The number of phenolic OH excluding ortho intramolecular Hbond substituents is 1. The first-order chi connectivity index (χ1) is 11.5. The van der Waals surface area contributed by atoms with Crippen LogP contribution in [-0.4, -0.2) is 31.1 Å². The highest BCUT2D eigenvalue weighted by molar-refractivity contribution is 6.01. The maximum Gasteiger partial charge on any atom is 0.343 e. The number of hydrogen-bond acceptors (Lipinski definition) is 6. The zero-order valence-electron chi connectivity index (χ0n) is 13.2. The number of ketones is 1. The van der Waals surface area contributed by atoms with Crippen molar-refractivity contribution in [2.45, 2.75) is 12.5 Å². The molecule has 0 radical (unpaired) electrons. The fourth-order valence-corrected chi connectivity index (χ4v) is 2.79. The average molecular weight is 328 g/mol. The van der Waals surface area contributed by atoms with Gasteiger partial charge in [0.05, 0.1) is 20.6 Å². The van der Waals surface area contributed by atoms with Crippen molar-refractivity contribution < 1.29 is 28.9 Å². The molecule has 0 fully saturated rings. The molecular formula is C18H16O6. The van der Waals surface area contributed by atoms with Crippen LogP contribution in [0.2, 0.25) is 0 Å². The van der Waals surface area contributed by atoms with Crippen LogP contribution in [0.15, 0.2) is 36.4 Å². The van der Waals surface area contributed by atoms with Crippen LogP contribution in [0.5, 0.6) is 17.2 Å². The smallest absolute Gasteiger partial charge is 0.343 e. The van der Waals surface area contributed by atoms with E-state index in [4.69, 9.17) is 14.2 Å². The molecule has 0 amide bonds. The third-order valence-electron chi connectivity index (χ3n) is 3.92. The van der Waals surface area contributed by atoms with Crippen molar-refractivity contribution in [3.63, 3.8) is 0 Å². The summed E-state index contributed by atoms with van der Waals surface area (Å²) in [6.07, 6.45) is -0.709. The Kier molecular flexibility index (Phi) is 4.12. The molecule has 2 aromatic carbocycles. The standard InChI is InChI=1S/C18H16O6/c1-22-14-7-6-12-15(24-18(21)16(12)17(14)23-2)9-13(20)10-4-3-5-11(19)8-10/h3-8,15,19H,9H2,1-2H3/t15-/m0/s1. The van der Waals surface area contributed by atoms with Crippen LogP contribution in [0.3, 0.4) is 0 Å². The Morgan fingerprint density at radius 1 is 1.21 bits per heavy atom. The molecule has 1 N–H and O–H groups in total. The van der Waals surface area contributed by atoms with Crippen LogP contribution >= 0.6 is 0 Å². The third-order valence-corrected chi connectivity index (χ3v) is 3.92. The molecule has 6 heteroatoms. The number of Topliss-reactive ketones (excluding diaryl/α,β-unsaturated/α-hetero) is 1. The molecule has 0 saturated carbocycles. The van der Waals surface area contributed by atoms with Gasteiger partial charge in [-0.2, -0.15) is 0 Å². The van der Waals surface area contributed by atoms with Crippen molar-refractivity contribution in [2.75, 3.05) is 14.2 Å². The van der Waals surface area contributed by atoms with Crippen LogP contribution in [0.25, 0.3) is 0 Å². The largest absolute Gasteiger partial charge is 0.508 e. The first-order valence-electron chi connectivity index (χ1n) is 7.33. The Morgan fingerprint density at radius 3 is 2.67 bits per heavy atom. The number of benzene rings is 2. The zero-order chi connectivity index (χ0) is 17.3. The number of hydrogen-bond donors (Lipinski definition) is 1. The molecule has 0 spiro atoms. The summed E-state index contributed by atoms with van der Waals surface area (Å²) >= 11 is 0. The van der Waals surface area contributed by atoms with Crippen molar-refractivity contribution in [1.29, 1.82) is 0 Å². The van der Waals surface area contributed by atoms with Gasteiger partial charge in [-0.15, -0.1) is 0 Å². The van der Waals surface area contributed by atoms with E-state index >= 15 is 0 Å². The number of cyclic esters (lactones) is 1. The molecule has 0 aliphatic carbocycles. The third kappa shape index (κ3) is 2.67. The zero-order valence-corrected chi connectivity index (χ0v) is 13.2. The monoisotopic (exact) mass is 328 g/mol. The van der Waals surface area contributed by atoms with Crippen LogP contribution in [0, 0.1) is 0 Å². The first-order valence-corrected chi connectivity index (χ1v) is 7.33. The maximum atomic E-state index is 12.4. The molecule has 1 atom stereocenters. The topological polar surface area (TPSA) is 82.1 Å². The van der Waals surface area contributed by atoms with Crippen molar-refractivity contribution >= 4 is 11.8 Å². The lowest BCUT2D eigenvalue weighted by molar-refractivity contribution is 0.0365. The number of fused-ring (bicyclic) bond motifs is 1. The van der Waals surface area contributed by atoms with Crippen LogP contribution in [0.4, 0.5) is 0 Å². The van der Waals surface area contributed by atoms with Gasteiger partial charge in [-0.05, 0) is 18.2 Å². The van der Waals surface area contributed by atoms with E-state index in [0.29, 0.717) is 22.6 Å². The van der Waals surface area contributed by atoms with Gasteiger partial charge in [0.1, 0.15) is 17.4 Å². The minimum absolute atomic E-state index is 0.0103. The molecule has 0 bridgehead atoms. The van der Waals surface area contributed by atoms with E-state index < -0.39 is 12.1 Å². The highest BCUT2D eigenvalue weighted by Crippen LogP contribution is 2.43. The predicted octanol–water partition coefficient (Wildman–Crippen LogP) is 2.89. The van der Waals surface area contributed by atoms with Crippen molar-refractivity contribution in [2.24, 2.45) is 0 Å². The maximum absolute atomic E-state index is 12.4. The Hall–Kier alpha value is -3.02. The highest BCUT2D eigenvalue weighted by atomic mass is 16.6. The Labute approximate surface area is 138 Å². The number of carbonyl (C=O) groups is 2. The number of phenols is 1. The number of aromatic hydroxyl groups is 1.